The third-order valence-corrected chi connectivity index (χ3v) is 4.85. The lowest BCUT2D eigenvalue weighted by molar-refractivity contribution is -0.137. The minimum Gasteiger partial charge on any atom is -0.457 e. The van der Waals surface area contributed by atoms with Crippen LogP contribution in [0.15, 0.2) is 67.0 Å². The van der Waals surface area contributed by atoms with Crippen molar-refractivity contribution in [1.82, 2.24) is 4.98 Å². The van der Waals surface area contributed by atoms with Gasteiger partial charge in [0.2, 0.25) is 11.8 Å². The van der Waals surface area contributed by atoms with Gasteiger partial charge in [-0.3, -0.25) is 14.6 Å². The number of benzene rings is 2. The zero-order valence-corrected chi connectivity index (χ0v) is 17.4. The van der Waals surface area contributed by atoms with Crippen molar-refractivity contribution in [2.75, 3.05) is 15.5 Å². The number of amides is 4. The zero-order valence-electron chi connectivity index (χ0n) is 17.4. The molecular weight excluding hydrogens is 453 g/mol. The number of hydrogen-bond acceptors (Lipinski definition) is 5. The van der Waals surface area contributed by atoms with Crippen LogP contribution in [0.4, 0.5) is 35.0 Å². The van der Waals surface area contributed by atoms with E-state index in [1.807, 2.05) is 0 Å². The molecule has 174 valence electrons. The number of alkyl halides is 3. The van der Waals surface area contributed by atoms with Crippen LogP contribution < -0.4 is 20.3 Å². The number of imide groups is 1. The van der Waals surface area contributed by atoms with E-state index in [-0.39, 0.29) is 18.5 Å². The molecule has 0 spiro atoms. The second-order valence-electron chi connectivity index (χ2n) is 7.24. The normalized spacial score (nSPS) is 13.7. The molecule has 8 nitrogen and oxygen atoms in total. The minimum atomic E-state index is -4.85. The van der Waals surface area contributed by atoms with Crippen molar-refractivity contribution in [3.8, 4) is 11.5 Å². The predicted octanol–water partition coefficient (Wildman–Crippen LogP) is 5.19. The molecule has 3 aromatic rings. The van der Waals surface area contributed by atoms with Crippen molar-refractivity contribution < 1.29 is 32.3 Å². The number of halogens is 3. The van der Waals surface area contributed by atoms with E-state index >= 15 is 0 Å². The number of nitrogens with one attached hydrogen (secondary N) is 2. The third kappa shape index (κ3) is 5.14. The van der Waals surface area contributed by atoms with E-state index in [1.54, 1.807) is 48.8 Å². The smallest absolute Gasteiger partial charge is 0.418 e. The summed E-state index contributed by atoms with van der Waals surface area (Å²) < 4.78 is 46.5. The van der Waals surface area contributed by atoms with Crippen molar-refractivity contribution in [3.63, 3.8) is 0 Å². The van der Waals surface area contributed by atoms with Crippen LogP contribution in [0.1, 0.15) is 18.4 Å². The lowest BCUT2D eigenvalue weighted by Crippen LogP contribution is -2.31. The molecule has 0 radical (unpaired) electrons. The molecule has 34 heavy (non-hydrogen) atoms. The average molecular weight is 470 g/mol. The lowest BCUT2D eigenvalue weighted by Gasteiger charge is -2.20. The maximum atomic E-state index is 13.6. The van der Waals surface area contributed by atoms with E-state index in [1.165, 1.54) is 6.07 Å². The number of ether oxygens (including phenoxy) is 1. The summed E-state index contributed by atoms with van der Waals surface area (Å²) in [5, 5.41) is 4.83. The Bertz CT molecular complexity index is 1220. The molecule has 1 aliphatic rings. The van der Waals surface area contributed by atoms with Crippen LogP contribution in [0, 0.1) is 0 Å². The average Bonchev–Trinajstić information content (AvgIpc) is 3.13. The van der Waals surface area contributed by atoms with Crippen LogP contribution in [0.5, 0.6) is 11.5 Å². The van der Waals surface area contributed by atoms with Gasteiger partial charge >= 0.3 is 12.2 Å². The van der Waals surface area contributed by atoms with E-state index in [4.69, 9.17) is 4.74 Å². The van der Waals surface area contributed by atoms with Crippen molar-refractivity contribution in [2.45, 2.75) is 19.0 Å². The van der Waals surface area contributed by atoms with Crippen LogP contribution in [-0.4, -0.2) is 22.8 Å². The number of carbonyl (C=O) groups is 3. The Balaban J connectivity index is 1.45. The second-order valence-corrected chi connectivity index (χ2v) is 7.24. The third-order valence-electron chi connectivity index (χ3n) is 4.85. The largest absolute Gasteiger partial charge is 0.457 e. The summed E-state index contributed by atoms with van der Waals surface area (Å²) in [5.41, 5.74) is -1.55. The number of rotatable bonds is 5. The van der Waals surface area contributed by atoms with Gasteiger partial charge in [0.05, 0.1) is 11.3 Å². The molecule has 1 saturated heterocycles. The molecule has 1 fully saturated rings. The van der Waals surface area contributed by atoms with Gasteiger partial charge in [0.25, 0.3) is 0 Å². The summed E-state index contributed by atoms with van der Waals surface area (Å²) in [6, 6.07) is 11.8. The molecule has 0 bridgehead atoms. The molecule has 0 atom stereocenters. The van der Waals surface area contributed by atoms with E-state index in [0.29, 0.717) is 28.2 Å². The van der Waals surface area contributed by atoms with E-state index in [9.17, 15) is 27.6 Å². The number of nitrogens with zero attached hydrogens (tertiary/aromatic N) is 2. The van der Waals surface area contributed by atoms with Crippen molar-refractivity contribution in [1.29, 1.82) is 0 Å². The Labute approximate surface area is 191 Å². The molecule has 0 unspecified atom stereocenters. The summed E-state index contributed by atoms with van der Waals surface area (Å²) in [6.07, 6.45) is -1.99. The SMILES string of the molecule is O=C(Nc1ccc(Oc2ccncc2)cc1)Nc1ccc(N2C(=O)CCC2=O)c(C(F)(F)F)c1. The molecule has 1 aromatic heterocycles. The van der Waals surface area contributed by atoms with E-state index in [0.717, 1.165) is 6.07 Å². The fourth-order valence-corrected chi connectivity index (χ4v) is 3.32. The summed E-state index contributed by atoms with van der Waals surface area (Å²) in [4.78, 5) is 40.5. The van der Waals surface area contributed by atoms with Crippen molar-refractivity contribution in [2.24, 2.45) is 0 Å². The predicted molar refractivity (Wildman–Crippen MR) is 117 cm³/mol. The molecule has 0 saturated carbocycles. The van der Waals surface area contributed by atoms with Gasteiger partial charge < -0.3 is 15.4 Å². The highest BCUT2D eigenvalue weighted by Crippen LogP contribution is 2.40. The highest BCUT2D eigenvalue weighted by atomic mass is 19.4. The molecule has 11 heteroatoms. The fraction of sp³-hybridized carbons (Fsp3) is 0.130. The summed E-state index contributed by atoms with van der Waals surface area (Å²) in [5.74, 6) is -0.320. The van der Waals surface area contributed by atoms with Crippen molar-refractivity contribution >= 4 is 34.9 Å². The zero-order chi connectivity index (χ0) is 24.3. The van der Waals surface area contributed by atoms with Crippen molar-refractivity contribution in [3.05, 3.63) is 72.6 Å². The standard InChI is InChI=1S/C23H17F3N4O4/c24-23(25,26)18-13-15(3-6-19(18)30-20(31)7-8-21(30)32)29-22(33)28-14-1-4-16(5-2-14)34-17-9-11-27-12-10-17/h1-6,9-13H,7-8H2,(H2,28,29,33). The second kappa shape index (κ2) is 9.22. The van der Waals surface area contributed by atoms with Gasteiger partial charge in [0.15, 0.2) is 0 Å². The first kappa shape index (κ1) is 22.8. The maximum absolute atomic E-state index is 13.6. The fourth-order valence-electron chi connectivity index (χ4n) is 3.32. The Morgan fingerprint density at radius 1 is 0.853 bits per heavy atom. The number of urea groups is 1. The monoisotopic (exact) mass is 470 g/mol. The first-order valence-corrected chi connectivity index (χ1v) is 10.0. The first-order valence-electron chi connectivity index (χ1n) is 10.0. The van der Waals surface area contributed by atoms with Gasteiger partial charge in [0, 0.05) is 36.6 Å². The van der Waals surface area contributed by atoms with Gasteiger partial charge in [-0.05, 0) is 54.6 Å². The quantitative estimate of drug-likeness (QED) is 0.500. The number of carbonyl (C=O) groups excluding carboxylic acids is 3. The first-order chi connectivity index (χ1) is 16.2. The highest BCUT2D eigenvalue weighted by Gasteiger charge is 2.40. The van der Waals surface area contributed by atoms with Gasteiger partial charge in [-0.25, -0.2) is 9.69 Å². The summed E-state index contributed by atoms with van der Waals surface area (Å²) >= 11 is 0. The van der Waals surface area contributed by atoms with Crippen LogP contribution in [0.3, 0.4) is 0 Å². The van der Waals surface area contributed by atoms with Gasteiger partial charge in [-0.2, -0.15) is 13.2 Å². The Morgan fingerprint density at radius 2 is 1.41 bits per heavy atom. The van der Waals surface area contributed by atoms with Crippen LogP contribution in [-0.2, 0) is 15.8 Å². The Kier molecular flexibility index (Phi) is 6.17. The molecule has 2 heterocycles. The van der Waals surface area contributed by atoms with Crippen LogP contribution in [0.2, 0.25) is 0 Å². The molecule has 2 N–H and O–H groups in total. The number of hydrogen-bond donors (Lipinski definition) is 2. The van der Waals surface area contributed by atoms with Gasteiger partial charge in [0.1, 0.15) is 11.5 Å². The molecule has 1 aliphatic heterocycles. The topological polar surface area (TPSA) is 101 Å². The molecular formula is C23H17F3N4O4. The Morgan fingerprint density at radius 3 is 2.03 bits per heavy atom. The molecule has 4 rings (SSSR count). The highest BCUT2D eigenvalue weighted by molar-refractivity contribution is 6.20. The summed E-state index contributed by atoms with van der Waals surface area (Å²) in [7, 11) is 0. The summed E-state index contributed by atoms with van der Waals surface area (Å²) in [6.45, 7) is 0. The molecule has 0 aliphatic carbocycles. The molecule has 2 aromatic carbocycles. The van der Waals surface area contributed by atoms with Crippen LogP contribution in [0.25, 0.3) is 0 Å². The van der Waals surface area contributed by atoms with E-state index in [2.05, 4.69) is 15.6 Å². The van der Waals surface area contributed by atoms with Gasteiger partial charge in [-0.1, -0.05) is 0 Å². The Hall–Kier alpha value is -4.41. The van der Waals surface area contributed by atoms with E-state index < -0.39 is 35.3 Å². The minimum absolute atomic E-state index is 0.148. The number of aromatic nitrogens is 1. The number of anilines is 3. The van der Waals surface area contributed by atoms with Crippen LogP contribution >= 0.6 is 0 Å². The maximum Gasteiger partial charge on any atom is 0.418 e. The number of pyridine rings is 1. The van der Waals surface area contributed by atoms with Gasteiger partial charge in [-0.15, -0.1) is 0 Å². The lowest BCUT2D eigenvalue weighted by atomic mass is 10.1. The molecule has 4 amide bonds.